The van der Waals surface area contributed by atoms with E-state index in [4.69, 9.17) is 10.3 Å². The fraction of sp³-hybridized carbons (Fsp3) is 0.400. The van der Waals surface area contributed by atoms with Crippen LogP contribution in [-0.4, -0.2) is 37.9 Å². The highest BCUT2D eigenvalue weighted by Crippen LogP contribution is 2.02. The van der Waals surface area contributed by atoms with E-state index in [1.165, 1.54) is 19.0 Å². The SMILES string of the molecule is CN(C)C=C(C(N)=O)S(=O)(=O)O. The van der Waals surface area contributed by atoms with Gasteiger partial charge in [0, 0.05) is 20.3 Å². The Bertz CT molecular complexity index is 303. The largest absolute Gasteiger partial charge is 0.382 e. The van der Waals surface area contributed by atoms with E-state index >= 15 is 0 Å². The van der Waals surface area contributed by atoms with Crippen LogP contribution in [0.4, 0.5) is 0 Å². The van der Waals surface area contributed by atoms with Crippen LogP contribution in [0.15, 0.2) is 11.1 Å². The Kier molecular flexibility index (Phi) is 3.23. The monoisotopic (exact) mass is 194 g/mol. The zero-order valence-electron chi connectivity index (χ0n) is 6.68. The fourth-order valence-electron chi connectivity index (χ4n) is 0.492. The van der Waals surface area contributed by atoms with E-state index in [0.717, 1.165) is 6.20 Å². The van der Waals surface area contributed by atoms with Crippen molar-refractivity contribution in [2.75, 3.05) is 14.1 Å². The van der Waals surface area contributed by atoms with Crippen LogP contribution in [0.1, 0.15) is 0 Å². The number of nitrogens with zero attached hydrogens (tertiary/aromatic N) is 1. The molecule has 0 fully saturated rings. The van der Waals surface area contributed by atoms with Crippen molar-refractivity contribution in [3.8, 4) is 0 Å². The van der Waals surface area contributed by atoms with Gasteiger partial charge in [0.15, 0.2) is 4.91 Å². The molecule has 0 heterocycles. The normalized spacial score (nSPS) is 12.8. The third kappa shape index (κ3) is 3.35. The maximum absolute atomic E-state index is 10.5. The van der Waals surface area contributed by atoms with Crippen LogP contribution < -0.4 is 5.73 Å². The average Bonchev–Trinajstić information content (AvgIpc) is 1.79. The Labute approximate surface area is 70.4 Å². The lowest BCUT2D eigenvalue weighted by molar-refractivity contribution is -0.114. The summed E-state index contributed by atoms with van der Waals surface area (Å²) in [5.41, 5.74) is 4.70. The van der Waals surface area contributed by atoms with Crippen molar-refractivity contribution in [2.24, 2.45) is 5.73 Å². The lowest BCUT2D eigenvalue weighted by atomic mass is 10.5. The second-order valence-corrected chi connectivity index (χ2v) is 3.69. The molecular formula is C5H10N2O4S. The van der Waals surface area contributed by atoms with Crippen LogP contribution in [-0.2, 0) is 14.9 Å². The predicted octanol–water partition coefficient (Wildman–Crippen LogP) is -1.24. The van der Waals surface area contributed by atoms with Crippen molar-refractivity contribution in [1.29, 1.82) is 0 Å². The minimum absolute atomic E-state index is 0.826. The number of hydrogen-bond donors (Lipinski definition) is 2. The highest BCUT2D eigenvalue weighted by Gasteiger charge is 2.19. The first-order valence-electron chi connectivity index (χ1n) is 2.90. The Morgan fingerprint density at radius 3 is 2.00 bits per heavy atom. The van der Waals surface area contributed by atoms with Crippen LogP contribution in [0.5, 0.6) is 0 Å². The van der Waals surface area contributed by atoms with Crippen molar-refractivity contribution in [3.05, 3.63) is 11.1 Å². The quantitative estimate of drug-likeness (QED) is 0.432. The summed E-state index contributed by atoms with van der Waals surface area (Å²) < 4.78 is 29.4. The van der Waals surface area contributed by atoms with Crippen LogP contribution >= 0.6 is 0 Å². The molecular weight excluding hydrogens is 184 g/mol. The predicted molar refractivity (Wildman–Crippen MR) is 42.5 cm³/mol. The topological polar surface area (TPSA) is 101 Å². The van der Waals surface area contributed by atoms with Gasteiger partial charge in [0.2, 0.25) is 0 Å². The molecule has 7 heteroatoms. The number of carbonyl (C=O) groups excluding carboxylic acids is 1. The minimum atomic E-state index is -4.51. The first kappa shape index (κ1) is 10.9. The lowest BCUT2D eigenvalue weighted by Gasteiger charge is -2.06. The van der Waals surface area contributed by atoms with Crippen LogP contribution in [0, 0.1) is 0 Å². The first-order valence-corrected chi connectivity index (χ1v) is 4.34. The van der Waals surface area contributed by atoms with Crippen molar-refractivity contribution < 1.29 is 17.8 Å². The maximum Gasteiger partial charge on any atom is 0.301 e. The average molecular weight is 194 g/mol. The summed E-state index contributed by atoms with van der Waals surface area (Å²) in [6, 6.07) is 0. The Balaban J connectivity index is 5.09. The molecule has 0 aliphatic heterocycles. The molecule has 0 spiro atoms. The molecule has 12 heavy (non-hydrogen) atoms. The molecule has 1 amide bonds. The number of hydrogen-bond acceptors (Lipinski definition) is 4. The molecule has 6 nitrogen and oxygen atoms in total. The van der Waals surface area contributed by atoms with Gasteiger partial charge in [-0.15, -0.1) is 0 Å². The van der Waals surface area contributed by atoms with Crippen LogP contribution in [0.2, 0.25) is 0 Å². The smallest absolute Gasteiger partial charge is 0.301 e. The second kappa shape index (κ2) is 3.55. The van der Waals surface area contributed by atoms with Gasteiger partial charge < -0.3 is 10.6 Å². The molecule has 0 saturated carbocycles. The minimum Gasteiger partial charge on any atom is -0.382 e. The van der Waals surface area contributed by atoms with Gasteiger partial charge in [-0.05, 0) is 0 Å². The summed E-state index contributed by atoms with van der Waals surface area (Å²) in [6.45, 7) is 0. The molecule has 0 aliphatic rings. The van der Waals surface area contributed by atoms with Gasteiger partial charge >= 0.3 is 10.1 Å². The number of nitrogens with two attached hydrogens (primary N) is 1. The molecule has 0 saturated heterocycles. The van der Waals surface area contributed by atoms with E-state index in [1.807, 2.05) is 0 Å². The molecule has 0 aromatic heterocycles. The molecule has 0 rings (SSSR count). The third-order valence-corrected chi connectivity index (χ3v) is 1.76. The molecule has 70 valence electrons. The highest BCUT2D eigenvalue weighted by atomic mass is 32.2. The van der Waals surface area contributed by atoms with Crippen LogP contribution in [0.3, 0.4) is 0 Å². The van der Waals surface area contributed by atoms with E-state index in [1.54, 1.807) is 0 Å². The maximum atomic E-state index is 10.5. The van der Waals surface area contributed by atoms with Gasteiger partial charge in [0.1, 0.15) is 0 Å². The number of amides is 1. The van der Waals surface area contributed by atoms with E-state index in [2.05, 4.69) is 0 Å². The summed E-state index contributed by atoms with van der Waals surface area (Å²) in [4.78, 5) is 10.9. The van der Waals surface area contributed by atoms with Gasteiger partial charge in [0.05, 0.1) is 0 Å². The molecule has 0 bridgehead atoms. The highest BCUT2D eigenvalue weighted by molar-refractivity contribution is 7.90. The van der Waals surface area contributed by atoms with Gasteiger partial charge in [-0.2, -0.15) is 8.42 Å². The van der Waals surface area contributed by atoms with Crippen molar-refractivity contribution in [1.82, 2.24) is 4.90 Å². The molecule has 3 N–H and O–H groups in total. The van der Waals surface area contributed by atoms with E-state index < -0.39 is 20.9 Å². The Morgan fingerprint density at radius 2 is 1.92 bits per heavy atom. The summed E-state index contributed by atoms with van der Waals surface area (Å²) in [5, 5.41) is 0. The zero-order chi connectivity index (χ0) is 9.94. The summed E-state index contributed by atoms with van der Waals surface area (Å²) >= 11 is 0. The summed E-state index contributed by atoms with van der Waals surface area (Å²) in [6.07, 6.45) is 0.928. The number of primary amides is 1. The summed E-state index contributed by atoms with van der Waals surface area (Å²) in [5.74, 6) is -1.19. The Hall–Kier alpha value is -1.08. The van der Waals surface area contributed by atoms with Crippen molar-refractivity contribution in [3.63, 3.8) is 0 Å². The molecule has 0 radical (unpaired) electrons. The standard InChI is InChI=1S/C5H10N2O4S/c1-7(2)3-4(5(6)8)12(9,10)11/h3H,1-2H3,(H2,6,8)(H,9,10,11). The van der Waals surface area contributed by atoms with E-state index in [9.17, 15) is 13.2 Å². The third-order valence-electron chi connectivity index (χ3n) is 0.896. The Morgan fingerprint density at radius 1 is 1.50 bits per heavy atom. The molecule has 0 aromatic carbocycles. The van der Waals surface area contributed by atoms with Gasteiger partial charge in [-0.25, -0.2) is 0 Å². The number of carbonyl (C=O) groups is 1. The van der Waals surface area contributed by atoms with Gasteiger partial charge in [0.25, 0.3) is 5.91 Å². The molecule has 0 atom stereocenters. The van der Waals surface area contributed by atoms with E-state index in [0.29, 0.717) is 0 Å². The van der Waals surface area contributed by atoms with Gasteiger partial charge in [-0.1, -0.05) is 0 Å². The molecule has 0 aliphatic carbocycles. The van der Waals surface area contributed by atoms with E-state index in [-0.39, 0.29) is 0 Å². The lowest BCUT2D eigenvalue weighted by Crippen LogP contribution is -2.22. The van der Waals surface area contributed by atoms with Crippen molar-refractivity contribution in [2.45, 2.75) is 0 Å². The molecule has 0 aromatic rings. The second-order valence-electron chi connectivity index (χ2n) is 2.30. The number of rotatable bonds is 3. The van der Waals surface area contributed by atoms with Crippen molar-refractivity contribution >= 4 is 16.0 Å². The molecule has 0 unspecified atom stereocenters. The summed E-state index contributed by atoms with van der Waals surface area (Å²) in [7, 11) is -1.53. The fourth-order valence-corrected chi connectivity index (χ4v) is 1.09. The van der Waals surface area contributed by atoms with Crippen LogP contribution in [0.25, 0.3) is 0 Å². The first-order chi connectivity index (χ1) is 5.25. The van der Waals surface area contributed by atoms with Gasteiger partial charge in [-0.3, -0.25) is 9.35 Å². The zero-order valence-corrected chi connectivity index (χ0v) is 7.50.